The molecule has 1 saturated heterocycles. The van der Waals surface area contributed by atoms with Crippen LogP contribution in [0.5, 0.6) is 0 Å². The molecule has 1 aliphatic heterocycles. The average Bonchev–Trinajstić information content (AvgIpc) is 2.37. The van der Waals surface area contributed by atoms with E-state index in [-0.39, 0.29) is 12.4 Å². The second kappa shape index (κ2) is 9.60. The summed E-state index contributed by atoms with van der Waals surface area (Å²) in [6.45, 7) is 10.5. The summed E-state index contributed by atoms with van der Waals surface area (Å²) < 4.78 is 0. The summed E-state index contributed by atoms with van der Waals surface area (Å²) in [6, 6.07) is 0.744. The molecule has 0 spiro atoms. The fraction of sp³-hybridized carbons (Fsp3) is 0.933. The highest BCUT2D eigenvalue weighted by Crippen LogP contribution is 2.20. The van der Waals surface area contributed by atoms with Gasteiger partial charge < -0.3 is 10.2 Å². The highest BCUT2D eigenvalue weighted by Gasteiger charge is 2.28. The normalized spacial score (nSPS) is 24.7. The third kappa shape index (κ3) is 5.70. The minimum absolute atomic E-state index is 0. The van der Waals surface area contributed by atoms with Gasteiger partial charge >= 0.3 is 0 Å². The molecule has 3 atom stereocenters. The van der Waals surface area contributed by atoms with Crippen molar-refractivity contribution >= 4 is 18.3 Å². The standard InChI is InChI=1S/C15H30N2O.ClH/c1-5-7-8-14(6-2)11-15(18)17-10-9-16-12(3)13(17)4;/h12-14,16H,5-11H2,1-4H3;1H. The Balaban J connectivity index is 0.00000324. The van der Waals surface area contributed by atoms with Crippen LogP contribution in [-0.2, 0) is 4.79 Å². The number of unbranched alkanes of at least 4 members (excludes halogenated alkanes) is 1. The maximum atomic E-state index is 12.4. The number of piperazine rings is 1. The van der Waals surface area contributed by atoms with Crippen LogP contribution in [0.4, 0.5) is 0 Å². The molecule has 19 heavy (non-hydrogen) atoms. The minimum atomic E-state index is 0. The number of hydrogen-bond donors (Lipinski definition) is 1. The number of carbonyl (C=O) groups is 1. The van der Waals surface area contributed by atoms with Crippen molar-refractivity contribution in [2.45, 2.75) is 71.9 Å². The van der Waals surface area contributed by atoms with Gasteiger partial charge in [0, 0.05) is 31.6 Å². The Morgan fingerprint density at radius 1 is 1.37 bits per heavy atom. The van der Waals surface area contributed by atoms with Crippen LogP contribution in [0.1, 0.15) is 59.8 Å². The van der Waals surface area contributed by atoms with Gasteiger partial charge in [0.2, 0.25) is 5.91 Å². The molecule has 0 aromatic carbocycles. The summed E-state index contributed by atoms with van der Waals surface area (Å²) in [5.74, 6) is 0.939. The Morgan fingerprint density at radius 3 is 2.63 bits per heavy atom. The molecule has 1 rings (SSSR count). The molecule has 0 saturated carbocycles. The van der Waals surface area contributed by atoms with Crippen LogP contribution in [0.15, 0.2) is 0 Å². The van der Waals surface area contributed by atoms with Crippen molar-refractivity contribution in [3.63, 3.8) is 0 Å². The average molecular weight is 291 g/mol. The second-order valence-corrected chi connectivity index (χ2v) is 5.69. The number of hydrogen-bond acceptors (Lipinski definition) is 2. The van der Waals surface area contributed by atoms with E-state index in [9.17, 15) is 4.79 Å². The van der Waals surface area contributed by atoms with Gasteiger partial charge in [0.25, 0.3) is 0 Å². The molecule has 3 nitrogen and oxygen atoms in total. The predicted molar refractivity (Wildman–Crippen MR) is 83.8 cm³/mol. The van der Waals surface area contributed by atoms with E-state index in [1.807, 2.05) is 0 Å². The van der Waals surface area contributed by atoms with Crippen molar-refractivity contribution in [1.29, 1.82) is 0 Å². The lowest BCUT2D eigenvalue weighted by Gasteiger charge is -2.39. The molecule has 1 aliphatic rings. The first-order valence-electron chi connectivity index (χ1n) is 7.62. The molecule has 4 heteroatoms. The largest absolute Gasteiger partial charge is 0.337 e. The fourth-order valence-corrected chi connectivity index (χ4v) is 2.72. The van der Waals surface area contributed by atoms with E-state index in [0.29, 0.717) is 23.9 Å². The summed E-state index contributed by atoms with van der Waals surface area (Å²) >= 11 is 0. The molecule has 0 radical (unpaired) electrons. The number of carbonyl (C=O) groups excluding carboxylic acids is 1. The van der Waals surface area contributed by atoms with Crippen LogP contribution >= 0.6 is 12.4 Å². The van der Waals surface area contributed by atoms with Crippen molar-refractivity contribution < 1.29 is 4.79 Å². The van der Waals surface area contributed by atoms with E-state index < -0.39 is 0 Å². The van der Waals surface area contributed by atoms with E-state index >= 15 is 0 Å². The molecule has 0 bridgehead atoms. The molecular formula is C15H31ClN2O. The fourth-order valence-electron chi connectivity index (χ4n) is 2.72. The third-order valence-corrected chi connectivity index (χ3v) is 4.36. The van der Waals surface area contributed by atoms with Gasteiger partial charge in [0.15, 0.2) is 0 Å². The molecule has 0 aromatic heterocycles. The topological polar surface area (TPSA) is 32.3 Å². The van der Waals surface area contributed by atoms with Gasteiger partial charge in [-0.25, -0.2) is 0 Å². The molecular weight excluding hydrogens is 260 g/mol. The zero-order valence-corrected chi connectivity index (χ0v) is 13.8. The van der Waals surface area contributed by atoms with Crippen LogP contribution in [0, 0.1) is 5.92 Å². The van der Waals surface area contributed by atoms with Gasteiger partial charge in [-0.2, -0.15) is 0 Å². The Hall–Kier alpha value is -0.280. The zero-order valence-electron chi connectivity index (χ0n) is 12.9. The Bertz CT molecular complexity index is 261. The number of halogens is 1. The van der Waals surface area contributed by atoms with Gasteiger partial charge in [-0.1, -0.05) is 33.1 Å². The lowest BCUT2D eigenvalue weighted by atomic mass is 9.94. The molecule has 114 valence electrons. The van der Waals surface area contributed by atoms with Gasteiger partial charge in [0.05, 0.1) is 0 Å². The van der Waals surface area contributed by atoms with E-state index in [4.69, 9.17) is 0 Å². The van der Waals surface area contributed by atoms with E-state index in [1.165, 1.54) is 19.3 Å². The van der Waals surface area contributed by atoms with Crippen molar-refractivity contribution in [3.8, 4) is 0 Å². The van der Waals surface area contributed by atoms with E-state index in [0.717, 1.165) is 25.9 Å². The summed E-state index contributed by atoms with van der Waals surface area (Å²) in [5, 5.41) is 3.42. The number of nitrogens with one attached hydrogen (secondary N) is 1. The molecule has 3 unspecified atom stereocenters. The Morgan fingerprint density at radius 2 is 2.05 bits per heavy atom. The Labute approximate surface area is 124 Å². The van der Waals surface area contributed by atoms with E-state index in [1.54, 1.807) is 0 Å². The van der Waals surface area contributed by atoms with Crippen LogP contribution in [-0.4, -0.2) is 36.0 Å². The minimum Gasteiger partial charge on any atom is -0.337 e. The zero-order chi connectivity index (χ0) is 13.5. The van der Waals surface area contributed by atoms with Crippen molar-refractivity contribution in [3.05, 3.63) is 0 Å². The van der Waals surface area contributed by atoms with Crippen molar-refractivity contribution in [1.82, 2.24) is 10.2 Å². The molecule has 1 amide bonds. The first kappa shape index (κ1) is 18.7. The SMILES string of the molecule is CCCCC(CC)CC(=O)N1CCNC(C)C1C.Cl. The maximum Gasteiger partial charge on any atom is 0.223 e. The van der Waals surface area contributed by atoms with Crippen LogP contribution in [0.25, 0.3) is 0 Å². The molecule has 0 aliphatic carbocycles. The van der Waals surface area contributed by atoms with Gasteiger partial charge in [-0.15, -0.1) is 12.4 Å². The van der Waals surface area contributed by atoms with Crippen molar-refractivity contribution in [2.24, 2.45) is 5.92 Å². The third-order valence-electron chi connectivity index (χ3n) is 4.36. The van der Waals surface area contributed by atoms with Crippen molar-refractivity contribution in [2.75, 3.05) is 13.1 Å². The monoisotopic (exact) mass is 290 g/mol. The first-order valence-corrected chi connectivity index (χ1v) is 7.62. The summed E-state index contributed by atoms with van der Waals surface area (Å²) in [4.78, 5) is 14.5. The Kier molecular flexibility index (Phi) is 9.46. The van der Waals surface area contributed by atoms with Gasteiger partial charge in [-0.05, 0) is 26.2 Å². The van der Waals surface area contributed by atoms with Crippen LogP contribution in [0.3, 0.4) is 0 Å². The molecule has 1 fully saturated rings. The lowest BCUT2D eigenvalue weighted by molar-refractivity contribution is -0.136. The smallest absolute Gasteiger partial charge is 0.223 e. The van der Waals surface area contributed by atoms with Crippen LogP contribution in [0.2, 0.25) is 0 Å². The molecule has 1 N–H and O–H groups in total. The first-order chi connectivity index (χ1) is 8.60. The second-order valence-electron chi connectivity index (χ2n) is 5.69. The lowest BCUT2D eigenvalue weighted by Crippen LogP contribution is -2.57. The van der Waals surface area contributed by atoms with E-state index in [2.05, 4.69) is 37.9 Å². The number of nitrogens with zero attached hydrogens (tertiary/aromatic N) is 1. The van der Waals surface area contributed by atoms with Gasteiger partial charge in [0.1, 0.15) is 0 Å². The van der Waals surface area contributed by atoms with Gasteiger partial charge in [-0.3, -0.25) is 4.79 Å². The number of amides is 1. The highest BCUT2D eigenvalue weighted by molar-refractivity contribution is 5.85. The summed E-state index contributed by atoms with van der Waals surface area (Å²) in [7, 11) is 0. The highest BCUT2D eigenvalue weighted by atomic mass is 35.5. The predicted octanol–water partition coefficient (Wildman–Crippen LogP) is 3.22. The molecule has 0 aromatic rings. The number of rotatable bonds is 6. The summed E-state index contributed by atoms with van der Waals surface area (Å²) in [6.07, 6.45) is 5.55. The van der Waals surface area contributed by atoms with Crippen LogP contribution < -0.4 is 5.32 Å². The summed E-state index contributed by atoms with van der Waals surface area (Å²) in [5.41, 5.74) is 0. The molecule has 1 heterocycles. The maximum absolute atomic E-state index is 12.4. The quantitative estimate of drug-likeness (QED) is 0.814.